The molecule has 0 aromatic carbocycles. The van der Waals surface area contributed by atoms with Gasteiger partial charge in [-0.3, -0.25) is 9.59 Å². The number of aliphatic hydroxyl groups excluding tert-OH is 9. The number of hydrogen-bond acceptors (Lipinski definition) is 17. The number of hydrogen-bond donors (Lipinski definition) is 12. The summed E-state index contributed by atoms with van der Waals surface area (Å²) in [5.41, 5.74) is 6.01. The van der Waals surface area contributed by atoms with Crippen LogP contribution in [0.3, 0.4) is 0 Å². The molecule has 3 aliphatic heterocycles. The highest BCUT2D eigenvalue weighted by Crippen LogP contribution is 2.38. The number of nitrogens with two attached hydrogens (primary N) is 1. The second-order valence-electron chi connectivity index (χ2n) is 17.1. The Bertz CT molecular complexity index is 1630. The van der Waals surface area contributed by atoms with Gasteiger partial charge in [-0.05, 0) is 33.1 Å². The number of carboxylic acid groups (broad SMARTS) is 1. The van der Waals surface area contributed by atoms with Crippen molar-refractivity contribution in [1.29, 1.82) is 0 Å². The summed E-state index contributed by atoms with van der Waals surface area (Å²) in [7, 11) is 0. The average Bonchev–Trinajstić information content (AvgIpc) is 3.19. The Morgan fingerprint density at radius 1 is 0.672 bits per heavy atom. The van der Waals surface area contributed by atoms with Crippen molar-refractivity contribution in [2.24, 2.45) is 17.6 Å². The van der Waals surface area contributed by atoms with E-state index in [1.165, 1.54) is 13.0 Å². The van der Waals surface area contributed by atoms with Gasteiger partial charge in [0.05, 0.1) is 79.6 Å². The normalized spacial score (nSPS) is 44.8. The van der Waals surface area contributed by atoms with Gasteiger partial charge in [0, 0.05) is 38.0 Å². The van der Waals surface area contributed by atoms with Crippen LogP contribution in [0, 0.1) is 11.8 Å². The van der Waals surface area contributed by atoms with E-state index in [2.05, 4.69) is 0 Å². The summed E-state index contributed by atoms with van der Waals surface area (Å²) in [5, 5.41) is 118. The standard InChI is InChI=1S/C46H71NO17/c1-27-16-14-12-10-8-6-4-5-7-9-11-13-15-17-33(63-45-43(57)41(47)42(56)29(3)62-45)24-38-40(44(58)59)37(54)26-46(60,64-38)25-32(50)22-36(53)34(51)19-18-30(48)21-31(49)23-39(55)61-28(2)20-35(27)52/h4-17,27-38,40-43,45,48-54,56-57,60H,18-26,47H2,1-3H3,(H,58,59)/b5-4+,8-6+,9-7+,12-10+,13-11+,16-14+,17-15+/t27-,28-,29+,30?,31?,32?,33?,34?,35-,36?,37-,38-,40?,41-,42+,43-,45-,46?/m0/s1. The molecule has 3 rings (SSSR count). The molecule has 18 atom stereocenters. The van der Waals surface area contributed by atoms with Crippen LogP contribution < -0.4 is 5.73 Å². The van der Waals surface area contributed by atoms with Crippen LogP contribution in [-0.4, -0.2) is 166 Å². The van der Waals surface area contributed by atoms with Crippen LogP contribution in [0.5, 0.6) is 0 Å². The molecule has 0 amide bonds. The zero-order valence-corrected chi connectivity index (χ0v) is 36.7. The Morgan fingerprint density at radius 3 is 1.84 bits per heavy atom. The monoisotopic (exact) mass is 909 g/mol. The van der Waals surface area contributed by atoms with Crippen LogP contribution in [0.25, 0.3) is 0 Å². The van der Waals surface area contributed by atoms with Crippen molar-refractivity contribution >= 4 is 11.9 Å². The van der Waals surface area contributed by atoms with Gasteiger partial charge < -0.3 is 80.9 Å². The molecule has 18 heteroatoms. The lowest BCUT2D eigenvalue weighted by Crippen LogP contribution is -2.61. The molecule has 0 aromatic heterocycles. The molecule has 2 bridgehead atoms. The van der Waals surface area contributed by atoms with Gasteiger partial charge in [-0.15, -0.1) is 0 Å². The molecule has 3 heterocycles. The summed E-state index contributed by atoms with van der Waals surface area (Å²) in [4.78, 5) is 24.9. The van der Waals surface area contributed by atoms with E-state index in [1.807, 2.05) is 13.0 Å². The zero-order chi connectivity index (χ0) is 47.6. The summed E-state index contributed by atoms with van der Waals surface area (Å²) >= 11 is 0. The fourth-order valence-corrected chi connectivity index (χ4v) is 7.74. The van der Waals surface area contributed by atoms with E-state index in [1.54, 1.807) is 79.8 Å². The molecular weight excluding hydrogens is 838 g/mol. The molecule has 2 saturated heterocycles. The van der Waals surface area contributed by atoms with Crippen LogP contribution >= 0.6 is 0 Å². The molecule has 0 saturated carbocycles. The first-order chi connectivity index (χ1) is 30.2. The van der Waals surface area contributed by atoms with Gasteiger partial charge in [0.2, 0.25) is 0 Å². The van der Waals surface area contributed by atoms with Crippen molar-refractivity contribution in [3.8, 4) is 0 Å². The second-order valence-corrected chi connectivity index (χ2v) is 17.1. The minimum absolute atomic E-state index is 0.104. The number of cyclic esters (lactones) is 1. The Labute approximate surface area is 374 Å². The van der Waals surface area contributed by atoms with Crippen molar-refractivity contribution in [1.82, 2.24) is 0 Å². The lowest BCUT2D eigenvalue weighted by atomic mass is 9.82. The molecule has 64 heavy (non-hydrogen) atoms. The second kappa shape index (κ2) is 27.3. The van der Waals surface area contributed by atoms with Gasteiger partial charge >= 0.3 is 11.9 Å². The fourth-order valence-electron chi connectivity index (χ4n) is 7.74. The average molecular weight is 910 g/mol. The van der Waals surface area contributed by atoms with E-state index in [4.69, 9.17) is 24.7 Å². The third-order valence-electron chi connectivity index (χ3n) is 11.4. The van der Waals surface area contributed by atoms with E-state index in [0.717, 1.165) is 0 Å². The molecule has 2 fully saturated rings. The number of carbonyl (C=O) groups is 2. The predicted octanol–water partition coefficient (Wildman–Crippen LogP) is 0.466. The number of aliphatic carboxylic acids is 1. The Kier molecular flexibility index (Phi) is 23.4. The van der Waals surface area contributed by atoms with Gasteiger partial charge in [0.25, 0.3) is 0 Å². The maximum absolute atomic E-state index is 12.5. The highest BCUT2D eigenvalue weighted by Gasteiger charge is 2.51. The summed E-state index contributed by atoms with van der Waals surface area (Å²) in [6, 6.07) is -1.15. The predicted molar refractivity (Wildman–Crippen MR) is 232 cm³/mol. The molecule has 13 N–H and O–H groups in total. The number of carboxylic acids is 1. The Balaban J connectivity index is 1.85. The third kappa shape index (κ3) is 18.8. The van der Waals surface area contributed by atoms with Gasteiger partial charge in [0.15, 0.2) is 12.1 Å². The van der Waals surface area contributed by atoms with E-state index in [0.29, 0.717) is 0 Å². The Morgan fingerprint density at radius 2 is 1.25 bits per heavy atom. The summed E-state index contributed by atoms with van der Waals surface area (Å²) in [5.74, 6) is -6.35. The van der Waals surface area contributed by atoms with E-state index >= 15 is 0 Å². The molecule has 0 spiro atoms. The molecule has 362 valence electrons. The molecule has 3 aliphatic rings. The number of aliphatic hydroxyl groups is 10. The van der Waals surface area contributed by atoms with Gasteiger partial charge in [-0.1, -0.05) is 92.0 Å². The summed E-state index contributed by atoms with van der Waals surface area (Å²) in [6.07, 6.45) is 3.69. The fraction of sp³-hybridized carbons (Fsp3) is 0.652. The van der Waals surface area contributed by atoms with E-state index in [9.17, 15) is 65.8 Å². The number of carbonyl (C=O) groups excluding carboxylic acids is 1. The SMILES string of the molecule is C[C@H]1C[C@H](O)[C@@H](C)/C=C/C=C/C=C/C=C/C=C/C=C/C=C/C(O[C@@H]2O[C@H](C)[C@@H](O)[C@H](N)[C@@H]2O)C[C@@H]2OC(O)(CC(O)CC(O)C(O)CCC(O)CC(O)CC(=O)O1)C[C@H](O)C2C(=O)O. The number of ether oxygens (including phenoxy) is 4. The highest BCUT2D eigenvalue weighted by molar-refractivity contribution is 5.71. The van der Waals surface area contributed by atoms with E-state index < -0.39 is 141 Å². The molecule has 0 aliphatic carbocycles. The lowest BCUT2D eigenvalue weighted by molar-refractivity contribution is -0.308. The number of allylic oxidation sites excluding steroid dienone is 12. The lowest BCUT2D eigenvalue weighted by Gasteiger charge is -2.45. The molecule has 0 aromatic rings. The van der Waals surface area contributed by atoms with Crippen LogP contribution in [0.4, 0.5) is 0 Å². The zero-order valence-electron chi connectivity index (χ0n) is 36.7. The topological polar surface area (TPSA) is 320 Å². The van der Waals surface area contributed by atoms with Crippen molar-refractivity contribution < 1.29 is 84.7 Å². The van der Waals surface area contributed by atoms with Crippen molar-refractivity contribution in [2.45, 2.75) is 176 Å². The van der Waals surface area contributed by atoms with Gasteiger partial charge in [0.1, 0.15) is 18.1 Å². The summed E-state index contributed by atoms with van der Waals surface area (Å²) < 4.78 is 23.0. The molecule has 8 unspecified atom stereocenters. The van der Waals surface area contributed by atoms with Gasteiger partial charge in [-0.25, -0.2) is 0 Å². The maximum atomic E-state index is 12.5. The molecular formula is C46H71NO17. The summed E-state index contributed by atoms with van der Waals surface area (Å²) in [6.45, 7) is 4.97. The maximum Gasteiger partial charge on any atom is 0.311 e. The smallest absolute Gasteiger partial charge is 0.311 e. The number of fused-ring (bicyclic) bond motifs is 2. The number of esters is 1. The quantitative estimate of drug-likeness (QED) is 0.171. The van der Waals surface area contributed by atoms with Crippen LogP contribution in [0.2, 0.25) is 0 Å². The first kappa shape index (κ1) is 54.9. The van der Waals surface area contributed by atoms with Crippen LogP contribution in [0.1, 0.15) is 78.6 Å². The van der Waals surface area contributed by atoms with Crippen molar-refractivity contribution in [2.75, 3.05) is 0 Å². The van der Waals surface area contributed by atoms with Crippen LogP contribution in [-0.2, 0) is 28.5 Å². The van der Waals surface area contributed by atoms with Crippen molar-refractivity contribution in [3.05, 3.63) is 85.1 Å². The van der Waals surface area contributed by atoms with Crippen LogP contribution in [0.15, 0.2) is 85.1 Å². The molecule has 0 radical (unpaired) electrons. The number of rotatable bonds is 3. The van der Waals surface area contributed by atoms with Crippen molar-refractivity contribution in [3.63, 3.8) is 0 Å². The minimum atomic E-state index is -2.32. The Hall–Kier alpha value is -3.44. The minimum Gasteiger partial charge on any atom is -0.481 e. The van der Waals surface area contributed by atoms with E-state index in [-0.39, 0.29) is 38.0 Å². The third-order valence-corrected chi connectivity index (χ3v) is 11.4. The highest BCUT2D eigenvalue weighted by atomic mass is 16.7. The largest absolute Gasteiger partial charge is 0.481 e. The van der Waals surface area contributed by atoms with Gasteiger partial charge in [-0.2, -0.15) is 0 Å². The first-order valence-electron chi connectivity index (χ1n) is 21.9. The molecule has 18 nitrogen and oxygen atoms in total. The first-order valence-corrected chi connectivity index (χ1v) is 21.9.